The molecule has 7 atom stereocenters. The van der Waals surface area contributed by atoms with Crippen molar-refractivity contribution in [3.8, 4) is 11.5 Å². The number of aromatic amines is 2. The summed E-state index contributed by atoms with van der Waals surface area (Å²) in [5, 5.41) is -0.133. The Bertz CT molecular complexity index is 2760. The average molecular weight is 977 g/mol. The summed E-state index contributed by atoms with van der Waals surface area (Å²) in [5.41, 5.74) is -0.265. The number of nitrogens with one attached hydrogen (secondary N) is 2. The largest absolute Gasteiger partial charge is 0.497 e. The second-order valence-electron chi connectivity index (χ2n) is 18.6. The third-order valence-corrected chi connectivity index (χ3v) is 19.3. The van der Waals surface area contributed by atoms with Gasteiger partial charge in [0, 0.05) is 43.0 Å². The van der Waals surface area contributed by atoms with Gasteiger partial charge in [-0.3, -0.25) is 28.7 Å². The van der Waals surface area contributed by atoms with Crippen LogP contribution in [0.2, 0.25) is 18.1 Å². The molecule has 2 aliphatic heterocycles. The zero-order valence-electron chi connectivity index (χ0n) is 39.6. The summed E-state index contributed by atoms with van der Waals surface area (Å²) in [5.74, 6) is 1.34. The van der Waals surface area contributed by atoms with Crippen molar-refractivity contribution in [1.82, 2.24) is 19.1 Å². The van der Waals surface area contributed by atoms with E-state index < -0.39 is 79.8 Å². The van der Waals surface area contributed by atoms with Gasteiger partial charge in [-0.05, 0) is 84.7 Å². The minimum absolute atomic E-state index is 0.0243. The van der Waals surface area contributed by atoms with Gasteiger partial charge in [0.1, 0.15) is 41.8 Å². The molecule has 7 rings (SSSR count). The maximum absolute atomic E-state index is 13.3. The number of hydrogen-bond acceptors (Lipinski definition) is 13. The molecule has 16 nitrogen and oxygen atoms in total. The maximum atomic E-state index is 13.3. The molecular weight excluding hydrogens is 916 g/mol. The molecule has 3 aromatic carbocycles. The van der Waals surface area contributed by atoms with E-state index in [2.05, 4.69) is 43.8 Å². The molecule has 1 unspecified atom stereocenters. The van der Waals surface area contributed by atoms with Gasteiger partial charge >= 0.3 is 11.4 Å². The maximum Gasteiger partial charge on any atom is 0.330 e. The van der Waals surface area contributed by atoms with Crippen molar-refractivity contribution in [1.29, 1.82) is 0 Å². The van der Waals surface area contributed by atoms with Crippen molar-refractivity contribution >= 4 is 26.6 Å². The van der Waals surface area contributed by atoms with Crippen LogP contribution in [0.4, 0.5) is 0 Å². The second kappa shape index (κ2) is 20.1. The van der Waals surface area contributed by atoms with Crippen molar-refractivity contribution in [3.05, 3.63) is 161 Å². The Morgan fingerprint density at radius 1 is 0.701 bits per heavy atom. The Morgan fingerprint density at radius 3 is 1.61 bits per heavy atom. The van der Waals surface area contributed by atoms with Crippen molar-refractivity contribution in [2.75, 3.05) is 34.1 Å². The van der Waals surface area contributed by atoms with Crippen LogP contribution >= 0.6 is 6.49 Å². The van der Waals surface area contributed by atoms with Crippen LogP contribution in [0, 0.1) is 13.8 Å². The van der Waals surface area contributed by atoms with Crippen LogP contribution in [0.15, 0.2) is 110 Å². The molecule has 0 aliphatic carbocycles. The molecule has 0 saturated carbocycles. The zero-order valence-corrected chi connectivity index (χ0v) is 42.3. The molecule has 2 saturated heterocycles. The standard InChI is InChI=1S/C48H61N4O12PSSi/c1-30-26-51(45(55)49-43(30)53)41-24-37(63-65(8,66)60-29-40-38(64-67(9,10)47(3,4)5)25-42(62-40)52-27-31(2)44(54)50-46(52)56)39(61-41)28-59-48(32-14-12-11-13-15-32,33-16-20-35(57-6)21-17-33)34-18-22-36(58-7)23-19-34/h11-23,26-27,37-42H,24-25,28-29H2,1-10H3,(H,49,53,55)(H,50,54,56)/t37-,38-,39+,40+,41+,42+,65?/m0/s1. The highest BCUT2D eigenvalue weighted by atomic mass is 32.5. The van der Waals surface area contributed by atoms with Gasteiger partial charge in [-0.1, -0.05) is 75.4 Å². The molecule has 5 aromatic rings. The van der Waals surface area contributed by atoms with Crippen molar-refractivity contribution < 1.29 is 37.2 Å². The molecule has 360 valence electrons. The van der Waals surface area contributed by atoms with Crippen LogP contribution in [-0.2, 0) is 45.1 Å². The lowest BCUT2D eigenvalue weighted by Gasteiger charge is -2.39. The number of rotatable bonds is 17. The first-order valence-electron chi connectivity index (χ1n) is 22.2. The molecule has 19 heteroatoms. The van der Waals surface area contributed by atoms with Gasteiger partial charge in [0.2, 0.25) is 0 Å². The predicted molar refractivity (Wildman–Crippen MR) is 261 cm³/mol. The van der Waals surface area contributed by atoms with E-state index in [1.165, 1.54) is 21.5 Å². The Morgan fingerprint density at radius 2 is 1.15 bits per heavy atom. The fourth-order valence-corrected chi connectivity index (χ4v) is 11.3. The molecule has 2 N–H and O–H groups in total. The van der Waals surface area contributed by atoms with Crippen LogP contribution in [0.25, 0.3) is 0 Å². The van der Waals surface area contributed by atoms with Gasteiger partial charge in [0.25, 0.3) is 11.1 Å². The molecule has 0 bridgehead atoms. The first-order valence-corrected chi connectivity index (χ1v) is 28.2. The Labute approximate surface area is 395 Å². The van der Waals surface area contributed by atoms with E-state index in [1.807, 2.05) is 78.9 Å². The van der Waals surface area contributed by atoms with Crippen LogP contribution in [-0.4, -0.2) is 85.9 Å². The third kappa shape index (κ3) is 10.9. The highest BCUT2D eigenvalue weighted by molar-refractivity contribution is 8.09. The summed E-state index contributed by atoms with van der Waals surface area (Å²) in [6, 6.07) is 25.1. The topological polar surface area (TPSA) is 184 Å². The smallest absolute Gasteiger partial charge is 0.330 e. The monoisotopic (exact) mass is 976 g/mol. The van der Waals surface area contributed by atoms with E-state index >= 15 is 0 Å². The van der Waals surface area contributed by atoms with Crippen LogP contribution < -0.4 is 32.0 Å². The summed E-state index contributed by atoms with van der Waals surface area (Å²) >= 11 is 6.15. The quantitative estimate of drug-likeness (QED) is 0.0551. The molecule has 0 amide bonds. The SMILES string of the molecule is COc1ccc(C(OC[C@H]2O[C@@H](n3cc(C)c(=O)[nH]c3=O)C[C@@H]2OP(C)(=S)OC[C@H]2O[C@@H](n3cc(C)c(=O)[nH]c3=O)C[C@@H]2O[Si](C)(C)C(C)(C)C)(c2ccccc2)c2ccc(OC)cc2)cc1. The average Bonchev–Trinajstić information content (AvgIpc) is 3.88. The Kier molecular flexibility index (Phi) is 15.0. The Hall–Kier alpha value is -4.75. The third-order valence-electron chi connectivity index (χ3n) is 13.0. The van der Waals surface area contributed by atoms with E-state index in [4.69, 9.17) is 49.0 Å². The molecule has 2 aromatic heterocycles. The summed E-state index contributed by atoms with van der Waals surface area (Å²) < 4.78 is 54.5. The molecule has 2 aliphatic rings. The highest BCUT2D eigenvalue weighted by Gasteiger charge is 2.47. The van der Waals surface area contributed by atoms with E-state index in [9.17, 15) is 19.2 Å². The number of H-pyrrole nitrogens is 2. The second-order valence-corrected chi connectivity index (χ2v) is 27.4. The lowest BCUT2D eigenvalue weighted by Crippen LogP contribution is -2.46. The molecular formula is C48H61N4O12PSSi. The number of ether oxygens (including phenoxy) is 5. The minimum Gasteiger partial charge on any atom is -0.497 e. The molecule has 0 radical (unpaired) electrons. The normalized spacial score (nSPS) is 22.1. The molecule has 2 fully saturated rings. The van der Waals surface area contributed by atoms with Gasteiger partial charge in [-0.15, -0.1) is 0 Å². The first-order chi connectivity index (χ1) is 31.6. The van der Waals surface area contributed by atoms with E-state index in [-0.39, 0.29) is 24.7 Å². The molecule has 4 heterocycles. The van der Waals surface area contributed by atoms with Crippen LogP contribution in [0.5, 0.6) is 11.5 Å². The van der Waals surface area contributed by atoms with Gasteiger partial charge < -0.3 is 37.2 Å². The predicted octanol–water partition coefficient (Wildman–Crippen LogP) is 7.04. The first kappa shape index (κ1) is 50.1. The fourth-order valence-electron chi connectivity index (χ4n) is 8.20. The lowest BCUT2D eigenvalue weighted by molar-refractivity contribution is -0.0923. The van der Waals surface area contributed by atoms with Crippen LogP contribution in [0.1, 0.15) is 73.9 Å². The number of benzene rings is 3. The van der Waals surface area contributed by atoms with Gasteiger partial charge in [0.05, 0.1) is 39.6 Å². The molecule has 0 spiro atoms. The van der Waals surface area contributed by atoms with E-state index in [0.717, 1.165) is 16.7 Å². The molecule has 67 heavy (non-hydrogen) atoms. The van der Waals surface area contributed by atoms with Crippen molar-refractivity contribution in [3.63, 3.8) is 0 Å². The lowest BCUT2D eigenvalue weighted by atomic mass is 9.80. The van der Waals surface area contributed by atoms with Crippen LogP contribution in [0.3, 0.4) is 0 Å². The van der Waals surface area contributed by atoms with Gasteiger partial charge in [-0.25, -0.2) is 9.59 Å². The summed E-state index contributed by atoms with van der Waals surface area (Å²) in [7, 11) is 0.848. The number of hydrogen-bond donors (Lipinski definition) is 2. The summed E-state index contributed by atoms with van der Waals surface area (Å²) in [4.78, 5) is 55.8. The number of aryl methyl sites for hydroxylation is 2. The number of aromatic nitrogens is 4. The summed E-state index contributed by atoms with van der Waals surface area (Å²) in [6.45, 7) is 12.4. The fraction of sp³-hybridized carbons (Fsp3) is 0.458. The van der Waals surface area contributed by atoms with Gasteiger partial charge in [-0.2, -0.15) is 0 Å². The van der Waals surface area contributed by atoms with Crippen molar-refractivity contribution in [2.24, 2.45) is 0 Å². The van der Waals surface area contributed by atoms with E-state index in [0.29, 0.717) is 29.0 Å². The van der Waals surface area contributed by atoms with Crippen molar-refractivity contribution in [2.45, 2.75) is 108 Å². The zero-order chi connectivity index (χ0) is 48.5. The minimum atomic E-state index is -3.18. The van der Waals surface area contributed by atoms with Gasteiger partial charge in [0.15, 0.2) is 14.8 Å². The highest BCUT2D eigenvalue weighted by Crippen LogP contribution is 2.51. The number of nitrogens with zero attached hydrogens (tertiary/aromatic N) is 2. The van der Waals surface area contributed by atoms with E-state index in [1.54, 1.807) is 34.7 Å². The Balaban J connectivity index is 1.21. The number of methoxy groups -OCH3 is 2. The summed E-state index contributed by atoms with van der Waals surface area (Å²) in [6.07, 6.45) is -0.864.